The first-order chi connectivity index (χ1) is 9.97. The molecule has 7 nitrogen and oxygen atoms in total. The zero-order valence-electron chi connectivity index (χ0n) is 13.1. The number of rotatable bonds is 3. The molecule has 0 saturated carbocycles. The third kappa shape index (κ3) is 2.83. The normalized spacial score (nSPS) is 16.2. The summed E-state index contributed by atoms with van der Waals surface area (Å²) in [4.78, 5) is 2.27. The molecule has 0 radical (unpaired) electrons. The average Bonchev–Trinajstić information content (AvgIpc) is 3.04. The van der Waals surface area contributed by atoms with Crippen LogP contribution >= 0.6 is 0 Å². The molecule has 7 heteroatoms. The van der Waals surface area contributed by atoms with Gasteiger partial charge in [0.2, 0.25) is 11.8 Å². The Morgan fingerprint density at radius 2 is 1.90 bits per heavy atom. The van der Waals surface area contributed by atoms with Crippen molar-refractivity contribution in [2.45, 2.75) is 59.2 Å². The topological polar surface area (TPSA) is 72.9 Å². The number of fused-ring (bicyclic) bond motifs is 1. The summed E-state index contributed by atoms with van der Waals surface area (Å²) in [6.45, 7) is 11.6. The van der Waals surface area contributed by atoms with Crippen molar-refractivity contribution in [2.24, 2.45) is 0 Å². The van der Waals surface area contributed by atoms with Gasteiger partial charge in [0.1, 0.15) is 11.6 Å². The van der Waals surface area contributed by atoms with Crippen LogP contribution < -0.4 is 0 Å². The van der Waals surface area contributed by atoms with Crippen LogP contribution in [0.5, 0.6) is 0 Å². The Morgan fingerprint density at radius 3 is 2.57 bits per heavy atom. The summed E-state index contributed by atoms with van der Waals surface area (Å²) in [5.41, 5.74) is -0.108. The summed E-state index contributed by atoms with van der Waals surface area (Å²) < 4.78 is 7.97. The Bertz CT molecular complexity index is 624. The lowest BCUT2D eigenvalue weighted by atomic mass is 9.97. The van der Waals surface area contributed by atoms with Crippen molar-refractivity contribution >= 4 is 0 Å². The molecule has 0 amide bonds. The third-order valence-electron chi connectivity index (χ3n) is 3.69. The fraction of sp³-hybridized carbons (Fsp3) is 0.714. The van der Waals surface area contributed by atoms with E-state index in [9.17, 15) is 0 Å². The summed E-state index contributed by atoms with van der Waals surface area (Å²) in [6, 6.07) is 0. The highest BCUT2D eigenvalue weighted by atomic mass is 16.4. The highest BCUT2D eigenvalue weighted by molar-refractivity contribution is 5.00. The van der Waals surface area contributed by atoms with Gasteiger partial charge in [-0.05, 0) is 0 Å². The third-order valence-corrected chi connectivity index (χ3v) is 3.69. The number of hydrogen-bond acceptors (Lipinski definition) is 6. The van der Waals surface area contributed by atoms with Crippen molar-refractivity contribution in [1.82, 2.24) is 29.9 Å². The lowest BCUT2D eigenvalue weighted by Gasteiger charge is -2.26. The fourth-order valence-corrected chi connectivity index (χ4v) is 2.48. The molecule has 0 bridgehead atoms. The molecule has 0 aromatic carbocycles. The summed E-state index contributed by atoms with van der Waals surface area (Å²) in [5, 5.41) is 16.8. The smallest absolute Gasteiger partial charge is 0.230 e. The predicted octanol–water partition coefficient (Wildman–Crippen LogP) is 1.54. The fourth-order valence-electron chi connectivity index (χ4n) is 2.48. The van der Waals surface area contributed by atoms with E-state index in [2.05, 4.69) is 57.6 Å². The molecule has 1 aliphatic rings. The maximum Gasteiger partial charge on any atom is 0.230 e. The molecule has 114 valence electrons. The second-order valence-electron chi connectivity index (χ2n) is 6.50. The minimum absolute atomic E-state index is 0.108. The minimum atomic E-state index is -0.108. The number of nitrogens with zero attached hydrogens (tertiary/aromatic N) is 6. The van der Waals surface area contributed by atoms with Crippen LogP contribution in [0.4, 0.5) is 0 Å². The highest BCUT2D eigenvalue weighted by Gasteiger charge is 2.24. The van der Waals surface area contributed by atoms with Crippen LogP contribution in [0.25, 0.3) is 0 Å². The van der Waals surface area contributed by atoms with Gasteiger partial charge in [0.05, 0.1) is 13.1 Å². The molecule has 0 saturated heterocycles. The number of aryl methyl sites for hydroxylation is 1. The number of hydrogen-bond donors (Lipinski definition) is 0. The maximum absolute atomic E-state index is 5.76. The quantitative estimate of drug-likeness (QED) is 0.853. The zero-order chi connectivity index (χ0) is 15.0. The molecular weight excluding hydrogens is 268 g/mol. The van der Waals surface area contributed by atoms with Crippen LogP contribution in [-0.4, -0.2) is 36.4 Å². The Balaban J connectivity index is 1.68. The largest absolute Gasteiger partial charge is 0.423 e. The zero-order valence-corrected chi connectivity index (χ0v) is 13.1. The SMILES string of the molecule is CCc1nnc2n1CCN(Cc1nnc(C(C)(C)C)o1)C2. The molecule has 2 aromatic heterocycles. The first kappa shape index (κ1) is 14.2. The van der Waals surface area contributed by atoms with E-state index >= 15 is 0 Å². The maximum atomic E-state index is 5.76. The van der Waals surface area contributed by atoms with Crippen molar-refractivity contribution in [1.29, 1.82) is 0 Å². The molecule has 21 heavy (non-hydrogen) atoms. The van der Waals surface area contributed by atoms with Crippen LogP contribution in [0.1, 0.15) is 51.1 Å². The van der Waals surface area contributed by atoms with Gasteiger partial charge in [-0.15, -0.1) is 20.4 Å². The Labute approximate surface area is 124 Å². The first-order valence-electron chi connectivity index (χ1n) is 7.43. The minimum Gasteiger partial charge on any atom is -0.423 e. The van der Waals surface area contributed by atoms with E-state index in [-0.39, 0.29) is 5.41 Å². The van der Waals surface area contributed by atoms with E-state index < -0.39 is 0 Å². The van der Waals surface area contributed by atoms with Gasteiger partial charge in [-0.1, -0.05) is 27.7 Å². The van der Waals surface area contributed by atoms with Crippen molar-refractivity contribution in [3.63, 3.8) is 0 Å². The molecule has 1 aliphatic heterocycles. The number of aromatic nitrogens is 5. The van der Waals surface area contributed by atoms with Crippen LogP contribution in [0.3, 0.4) is 0 Å². The molecule has 0 fully saturated rings. The molecule has 3 rings (SSSR count). The first-order valence-corrected chi connectivity index (χ1v) is 7.43. The van der Waals surface area contributed by atoms with E-state index in [4.69, 9.17) is 4.42 Å². The molecule has 0 N–H and O–H groups in total. The van der Waals surface area contributed by atoms with Crippen molar-refractivity contribution in [3.8, 4) is 0 Å². The van der Waals surface area contributed by atoms with Crippen molar-refractivity contribution in [3.05, 3.63) is 23.4 Å². The Kier molecular flexibility index (Phi) is 3.52. The van der Waals surface area contributed by atoms with E-state index in [0.29, 0.717) is 18.3 Å². The van der Waals surface area contributed by atoms with E-state index in [1.165, 1.54) is 0 Å². The second kappa shape index (κ2) is 5.22. The average molecular weight is 290 g/mol. The van der Waals surface area contributed by atoms with E-state index in [1.807, 2.05) is 0 Å². The summed E-state index contributed by atoms with van der Waals surface area (Å²) in [7, 11) is 0. The standard InChI is InChI=1S/C14H22N6O/c1-5-10-15-16-11-8-19(6-7-20(10)11)9-12-17-18-13(21-12)14(2,3)4/h5-9H2,1-4H3. The molecular formula is C14H22N6O. The lowest BCUT2D eigenvalue weighted by Crippen LogP contribution is -2.34. The Morgan fingerprint density at radius 1 is 1.10 bits per heavy atom. The van der Waals surface area contributed by atoms with Gasteiger partial charge in [0.15, 0.2) is 0 Å². The second-order valence-corrected chi connectivity index (χ2v) is 6.50. The van der Waals surface area contributed by atoms with Crippen LogP contribution in [0.2, 0.25) is 0 Å². The van der Waals surface area contributed by atoms with Gasteiger partial charge in [0.25, 0.3) is 0 Å². The molecule has 0 unspecified atom stereocenters. The lowest BCUT2D eigenvalue weighted by molar-refractivity contribution is 0.186. The van der Waals surface area contributed by atoms with Gasteiger partial charge < -0.3 is 8.98 Å². The Hall–Kier alpha value is -1.76. The van der Waals surface area contributed by atoms with Gasteiger partial charge in [-0.25, -0.2) is 0 Å². The summed E-state index contributed by atoms with van der Waals surface area (Å²) in [6.07, 6.45) is 0.922. The van der Waals surface area contributed by atoms with Crippen LogP contribution in [0.15, 0.2) is 4.42 Å². The summed E-state index contributed by atoms with van der Waals surface area (Å²) in [5.74, 6) is 3.45. The van der Waals surface area contributed by atoms with E-state index in [1.54, 1.807) is 0 Å². The monoisotopic (exact) mass is 290 g/mol. The molecule has 0 atom stereocenters. The van der Waals surface area contributed by atoms with Gasteiger partial charge in [-0.3, -0.25) is 4.90 Å². The van der Waals surface area contributed by atoms with Gasteiger partial charge >= 0.3 is 0 Å². The van der Waals surface area contributed by atoms with Gasteiger partial charge in [0, 0.05) is 24.9 Å². The van der Waals surface area contributed by atoms with Crippen molar-refractivity contribution in [2.75, 3.05) is 6.54 Å². The van der Waals surface area contributed by atoms with Crippen LogP contribution in [-0.2, 0) is 31.5 Å². The molecule has 2 aromatic rings. The molecule has 0 spiro atoms. The predicted molar refractivity (Wildman–Crippen MR) is 76.5 cm³/mol. The van der Waals surface area contributed by atoms with Crippen LogP contribution in [0, 0.1) is 0 Å². The summed E-state index contributed by atoms with van der Waals surface area (Å²) >= 11 is 0. The molecule has 0 aliphatic carbocycles. The van der Waals surface area contributed by atoms with E-state index in [0.717, 1.165) is 37.7 Å². The highest BCUT2D eigenvalue weighted by Crippen LogP contribution is 2.21. The van der Waals surface area contributed by atoms with Crippen molar-refractivity contribution < 1.29 is 4.42 Å². The molecule has 3 heterocycles. The van der Waals surface area contributed by atoms with Gasteiger partial charge in [-0.2, -0.15) is 0 Å².